The molecule has 0 aliphatic carbocycles. The molecule has 2 aromatic carbocycles. The molecule has 0 atom stereocenters. The van der Waals surface area contributed by atoms with E-state index in [9.17, 15) is 14.0 Å². The number of amides is 2. The number of carbonyl (C=O) groups excluding carboxylic acids is 2. The number of rotatable bonds is 3. The molecule has 2 amide bonds. The van der Waals surface area contributed by atoms with Crippen LogP contribution >= 0.6 is 0 Å². The highest BCUT2D eigenvalue weighted by Gasteiger charge is 2.12. The minimum Gasteiger partial charge on any atom is -0.267 e. The van der Waals surface area contributed by atoms with Gasteiger partial charge in [-0.3, -0.25) is 20.4 Å². The van der Waals surface area contributed by atoms with Crippen molar-refractivity contribution in [3.8, 4) is 5.69 Å². The van der Waals surface area contributed by atoms with Gasteiger partial charge in [0.2, 0.25) is 0 Å². The van der Waals surface area contributed by atoms with Crippen molar-refractivity contribution in [3.63, 3.8) is 0 Å². The van der Waals surface area contributed by atoms with E-state index in [2.05, 4.69) is 20.9 Å². The van der Waals surface area contributed by atoms with Crippen LogP contribution in [0.3, 0.4) is 0 Å². The van der Waals surface area contributed by atoms with E-state index in [-0.39, 0.29) is 5.56 Å². The molecule has 0 saturated carbocycles. The molecule has 0 aliphatic rings. The van der Waals surface area contributed by atoms with Gasteiger partial charge in [-0.1, -0.05) is 12.1 Å². The first-order chi connectivity index (χ1) is 11.6. The molecule has 1 heterocycles. The fourth-order valence-corrected chi connectivity index (χ4v) is 2.01. The number of hydrazine groups is 1. The van der Waals surface area contributed by atoms with E-state index in [1.807, 2.05) is 0 Å². The fourth-order valence-electron chi connectivity index (χ4n) is 2.01. The average molecular weight is 325 g/mol. The number of benzene rings is 2. The van der Waals surface area contributed by atoms with Gasteiger partial charge in [0.1, 0.15) is 18.5 Å². The van der Waals surface area contributed by atoms with Crippen molar-refractivity contribution in [2.75, 3.05) is 0 Å². The van der Waals surface area contributed by atoms with Gasteiger partial charge in [0.05, 0.1) is 11.3 Å². The van der Waals surface area contributed by atoms with E-state index in [1.54, 1.807) is 28.9 Å². The van der Waals surface area contributed by atoms with E-state index in [0.717, 1.165) is 5.69 Å². The summed E-state index contributed by atoms with van der Waals surface area (Å²) >= 11 is 0. The summed E-state index contributed by atoms with van der Waals surface area (Å²) in [6, 6.07) is 12.0. The highest BCUT2D eigenvalue weighted by Crippen LogP contribution is 2.08. The van der Waals surface area contributed by atoms with E-state index >= 15 is 0 Å². The van der Waals surface area contributed by atoms with E-state index in [1.165, 1.54) is 36.9 Å². The summed E-state index contributed by atoms with van der Waals surface area (Å²) in [7, 11) is 0. The monoisotopic (exact) mass is 325 g/mol. The van der Waals surface area contributed by atoms with Crippen LogP contribution in [0.25, 0.3) is 5.69 Å². The number of hydrogen-bond acceptors (Lipinski definition) is 4. The second-order valence-corrected chi connectivity index (χ2v) is 4.78. The third-order valence-corrected chi connectivity index (χ3v) is 3.22. The maximum atomic E-state index is 13.5. The molecular formula is C16H12FN5O2. The third-order valence-electron chi connectivity index (χ3n) is 3.22. The van der Waals surface area contributed by atoms with Crippen LogP contribution in [0.1, 0.15) is 20.7 Å². The lowest BCUT2D eigenvalue weighted by atomic mass is 10.2. The van der Waals surface area contributed by atoms with Crippen molar-refractivity contribution < 1.29 is 14.0 Å². The molecule has 0 aliphatic heterocycles. The van der Waals surface area contributed by atoms with Crippen LogP contribution in [0.15, 0.2) is 61.2 Å². The molecule has 0 saturated heterocycles. The molecule has 1 aromatic heterocycles. The van der Waals surface area contributed by atoms with Crippen molar-refractivity contribution in [3.05, 3.63) is 78.1 Å². The molecule has 0 spiro atoms. The number of aromatic nitrogens is 3. The first-order valence-electron chi connectivity index (χ1n) is 6.95. The largest absolute Gasteiger partial charge is 0.272 e. The lowest BCUT2D eigenvalue weighted by molar-refractivity contribution is 0.0844. The van der Waals surface area contributed by atoms with Crippen LogP contribution in [0, 0.1) is 5.82 Å². The number of carbonyl (C=O) groups is 2. The standard InChI is InChI=1S/C16H12FN5O2/c17-14-4-2-1-3-13(14)16(24)21-20-15(23)11-5-7-12(8-6-11)22-10-18-9-19-22/h1-10H,(H,20,23)(H,21,24). The van der Waals surface area contributed by atoms with Gasteiger partial charge in [-0.25, -0.2) is 14.1 Å². The molecule has 7 nitrogen and oxygen atoms in total. The van der Waals surface area contributed by atoms with Gasteiger partial charge in [-0.05, 0) is 36.4 Å². The zero-order valence-electron chi connectivity index (χ0n) is 12.3. The van der Waals surface area contributed by atoms with Gasteiger partial charge in [0.25, 0.3) is 11.8 Å². The second kappa shape index (κ2) is 6.69. The van der Waals surface area contributed by atoms with Crippen molar-refractivity contribution in [1.29, 1.82) is 0 Å². The van der Waals surface area contributed by atoms with Crippen LogP contribution in [0.5, 0.6) is 0 Å². The first kappa shape index (κ1) is 15.3. The topological polar surface area (TPSA) is 88.9 Å². The zero-order valence-corrected chi connectivity index (χ0v) is 12.3. The van der Waals surface area contributed by atoms with Crippen molar-refractivity contribution in [2.24, 2.45) is 0 Å². The normalized spacial score (nSPS) is 10.2. The van der Waals surface area contributed by atoms with Crippen molar-refractivity contribution in [2.45, 2.75) is 0 Å². The average Bonchev–Trinajstić information content (AvgIpc) is 3.14. The fraction of sp³-hybridized carbons (Fsp3) is 0. The quantitative estimate of drug-likeness (QED) is 0.714. The van der Waals surface area contributed by atoms with Gasteiger partial charge < -0.3 is 0 Å². The molecule has 120 valence electrons. The van der Waals surface area contributed by atoms with E-state index < -0.39 is 17.6 Å². The predicted octanol–water partition coefficient (Wildman–Crippen LogP) is 1.48. The summed E-state index contributed by atoms with van der Waals surface area (Å²) in [5.74, 6) is -1.92. The minimum atomic E-state index is -0.735. The Balaban J connectivity index is 1.63. The lowest BCUT2D eigenvalue weighted by Crippen LogP contribution is -2.41. The molecule has 0 unspecified atom stereocenters. The van der Waals surface area contributed by atoms with Crippen molar-refractivity contribution in [1.82, 2.24) is 25.6 Å². The van der Waals surface area contributed by atoms with E-state index in [0.29, 0.717) is 5.56 Å². The molecule has 0 bridgehead atoms. The Hall–Kier alpha value is -3.55. The van der Waals surface area contributed by atoms with Crippen LogP contribution in [0.2, 0.25) is 0 Å². The maximum absolute atomic E-state index is 13.5. The van der Waals surface area contributed by atoms with E-state index in [4.69, 9.17) is 0 Å². The molecule has 0 radical (unpaired) electrons. The number of nitrogens with zero attached hydrogens (tertiary/aromatic N) is 3. The summed E-state index contributed by atoms with van der Waals surface area (Å²) in [5, 5.41) is 3.97. The van der Waals surface area contributed by atoms with Gasteiger partial charge in [-0.15, -0.1) is 0 Å². The zero-order chi connectivity index (χ0) is 16.9. The molecular weight excluding hydrogens is 313 g/mol. The molecule has 24 heavy (non-hydrogen) atoms. The van der Waals surface area contributed by atoms with Crippen LogP contribution in [-0.2, 0) is 0 Å². The second-order valence-electron chi connectivity index (χ2n) is 4.78. The maximum Gasteiger partial charge on any atom is 0.272 e. The van der Waals surface area contributed by atoms with Gasteiger partial charge >= 0.3 is 0 Å². The molecule has 8 heteroatoms. The summed E-state index contributed by atoms with van der Waals surface area (Å²) in [6.07, 6.45) is 2.93. The Labute approximate surface area is 136 Å². The number of nitrogens with one attached hydrogen (secondary N) is 2. The molecule has 3 aromatic rings. The van der Waals surface area contributed by atoms with Gasteiger partial charge in [0.15, 0.2) is 0 Å². The Kier molecular flexibility index (Phi) is 4.28. The lowest BCUT2D eigenvalue weighted by Gasteiger charge is -2.08. The minimum absolute atomic E-state index is 0.153. The van der Waals surface area contributed by atoms with Crippen LogP contribution in [0.4, 0.5) is 4.39 Å². The predicted molar refractivity (Wildman–Crippen MR) is 82.7 cm³/mol. The number of hydrogen-bond donors (Lipinski definition) is 2. The summed E-state index contributed by atoms with van der Waals surface area (Å²) < 4.78 is 15.0. The number of halogens is 1. The Morgan fingerprint density at radius 3 is 2.33 bits per heavy atom. The van der Waals surface area contributed by atoms with Crippen LogP contribution < -0.4 is 10.9 Å². The van der Waals surface area contributed by atoms with Crippen LogP contribution in [-0.4, -0.2) is 26.6 Å². The van der Waals surface area contributed by atoms with Gasteiger partial charge in [0, 0.05) is 5.56 Å². The highest BCUT2D eigenvalue weighted by atomic mass is 19.1. The summed E-state index contributed by atoms with van der Waals surface area (Å²) in [5.41, 5.74) is 5.32. The smallest absolute Gasteiger partial charge is 0.267 e. The van der Waals surface area contributed by atoms with Gasteiger partial charge in [-0.2, -0.15) is 5.10 Å². The third kappa shape index (κ3) is 3.27. The Morgan fingerprint density at radius 2 is 1.67 bits per heavy atom. The Bertz CT molecular complexity index is 862. The highest BCUT2D eigenvalue weighted by molar-refractivity contribution is 5.99. The van der Waals surface area contributed by atoms with Crippen molar-refractivity contribution >= 4 is 11.8 Å². The summed E-state index contributed by atoms with van der Waals surface area (Å²) in [4.78, 5) is 27.7. The Morgan fingerprint density at radius 1 is 0.958 bits per heavy atom. The molecule has 0 fully saturated rings. The summed E-state index contributed by atoms with van der Waals surface area (Å²) in [6.45, 7) is 0. The SMILES string of the molecule is O=C(NNC(=O)c1ccccc1F)c1ccc(-n2cncn2)cc1. The first-order valence-corrected chi connectivity index (χ1v) is 6.95. The molecule has 2 N–H and O–H groups in total. The molecule has 3 rings (SSSR count).